The average Bonchev–Trinajstić information content (AvgIpc) is 3.43. The summed E-state index contributed by atoms with van der Waals surface area (Å²) in [6.45, 7) is 8.30. The molecule has 0 unspecified atom stereocenters. The lowest BCUT2D eigenvalue weighted by molar-refractivity contribution is -0.122. The van der Waals surface area contributed by atoms with E-state index in [2.05, 4.69) is 23.5 Å². The number of aromatic nitrogens is 1. The Labute approximate surface area is 202 Å². The lowest BCUT2D eigenvalue weighted by atomic mass is 10.0. The molecule has 0 radical (unpaired) electrons. The first-order valence-corrected chi connectivity index (χ1v) is 11.7. The Bertz CT molecular complexity index is 1190. The second-order valence-electron chi connectivity index (χ2n) is 8.49. The van der Waals surface area contributed by atoms with Crippen LogP contribution in [0.5, 0.6) is 0 Å². The molecule has 10 heteroatoms. The molecule has 5 N–H and O–H groups in total. The quantitative estimate of drug-likeness (QED) is 0.424. The van der Waals surface area contributed by atoms with Gasteiger partial charge in [0, 0.05) is 12.2 Å². The van der Waals surface area contributed by atoms with Crippen molar-refractivity contribution in [3.8, 4) is 0 Å². The molecule has 1 aromatic carbocycles. The molecular weight excluding hydrogens is 454 g/mol. The molecule has 2 heterocycles. The van der Waals surface area contributed by atoms with Crippen LogP contribution < -0.4 is 21.7 Å². The van der Waals surface area contributed by atoms with Crippen molar-refractivity contribution in [3.05, 3.63) is 64.1 Å². The SMILES string of the molecule is Cc1ccc(C)c(N(C(=O)c2snc(C(N)=O)c2N)[C@@H](C(=O)NCCC(C)C)c2ccco2)c1. The maximum atomic E-state index is 13.9. The number of anilines is 2. The fraction of sp³-hybridized carbons (Fsp3) is 0.333. The highest BCUT2D eigenvalue weighted by molar-refractivity contribution is 7.09. The van der Waals surface area contributed by atoms with Crippen LogP contribution in [0.25, 0.3) is 0 Å². The molecule has 1 atom stereocenters. The molecule has 0 fully saturated rings. The number of primary amides is 1. The molecule has 0 saturated carbocycles. The molecule has 0 aliphatic carbocycles. The van der Waals surface area contributed by atoms with Gasteiger partial charge >= 0.3 is 0 Å². The van der Waals surface area contributed by atoms with Gasteiger partial charge in [-0.2, -0.15) is 4.37 Å². The predicted octanol–water partition coefficient (Wildman–Crippen LogP) is 3.58. The molecule has 3 amide bonds. The van der Waals surface area contributed by atoms with Crippen molar-refractivity contribution in [2.24, 2.45) is 11.7 Å². The van der Waals surface area contributed by atoms with Gasteiger partial charge < -0.3 is 21.2 Å². The van der Waals surface area contributed by atoms with Crippen molar-refractivity contribution in [3.63, 3.8) is 0 Å². The standard InChI is InChI=1S/C24H29N5O4S/c1-13(2)9-10-27-23(31)20(17-6-5-11-33-17)29(16-12-14(3)7-8-15(16)4)24(32)21-18(25)19(22(26)30)28-34-21/h5-8,11-13,20H,9-10,25H2,1-4H3,(H2,26,30)(H,27,31)/t20-/m1/s1. The third-order valence-corrected chi connectivity index (χ3v) is 6.19. The maximum Gasteiger partial charge on any atom is 0.273 e. The Hall–Kier alpha value is -3.66. The Morgan fingerprint density at radius 1 is 1.21 bits per heavy atom. The van der Waals surface area contributed by atoms with E-state index in [-0.39, 0.29) is 22.0 Å². The highest BCUT2D eigenvalue weighted by atomic mass is 32.1. The molecule has 0 bridgehead atoms. The fourth-order valence-electron chi connectivity index (χ4n) is 3.48. The number of benzene rings is 1. The first-order valence-electron chi connectivity index (χ1n) is 10.9. The number of hydrogen-bond acceptors (Lipinski definition) is 7. The van der Waals surface area contributed by atoms with E-state index >= 15 is 0 Å². The zero-order valence-corrected chi connectivity index (χ0v) is 20.4. The van der Waals surface area contributed by atoms with Gasteiger partial charge in [0.05, 0.1) is 12.0 Å². The number of nitrogens with zero attached hydrogens (tertiary/aromatic N) is 2. The van der Waals surface area contributed by atoms with E-state index in [9.17, 15) is 14.4 Å². The van der Waals surface area contributed by atoms with Gasteiger partial charge in [-0.05, 0) is 67.0 Å². The minimum atomic E-state index is -1.12. The van der Waals surface area contributed by atoms with Crippen molar-refractivity contribution >= 4 is 40.6 Å². The lowest BCUT2D eigenvalue weighted by Crippen LogP contribution is -2.44. The predicted molar refractivity (Wildman–Crippen MR) is 132 cm³/mol. The van der Waals surface area contributed by atoms with Crippen LogP contribution in [0.2, 0.25) is 0 Å². The number of carbonyl (C=O) groups excluding carboxylic acids is 3. The Morgan fingerprint density at radius 2 is 1.94 bits per heavy atom. The maximum absolute atomic E-state index is 13.9. The summed E-state index contributed by atoms with van der Waals surface area (Å²) in [5.41, 5.74) is 13.3. The Kier molecular flexibility index (Phi) is 7.72. The molecule has 180 valence electrons. The van der Waals surface area contributed by atoms with Crippen LogP contribution in [0, 0.1) is 19.8 Å². The molecule has 9 nitrogen and oxygen atoms in total. The zero-order chi connectivity index (χ0) is 25.0. The molecular formula is C24H29N5O4S. The summed E-state index contributed by atoms with van der Waals surface area (Å²) in [4.78, 5) is 40.5. The van der Waals surface area contributed by atoms with E-state index in [1.165, 1.54) is 11.2 Å². The summed E-state index contributed by atoms with van der Waals surface area (Å²) in [5.74, 6) is -1.14. The van der Waals surface area contributed by atoms with Crippen LogP contribution in [0.3, 0.4) is 0 Å². The summed E-state index contributed by atoms with van der Waals surface area (Å²) in [6, 6.07) is 7.78. The van der Waals surface area contributed by atoms with Crippen LogP contribution in [0.15, 0.2) is 41.0 Å². The van der Waals surface area contributed by atoms with Crippen LogP contribution in [0.4, 0.5) is 11.4 Å². The summed E-state index contributed by atoms with van der Waals surface area (Å²) in [5, 5.41) is 2.92. The molecule has 0 saturated heterocycles. The monoisotopic (exact) mass is 483 g/mol. The number of nitrogens with one attached hydrogen (secondary N) is 1. The van der Waals surface area contributed by atoms with Crippen molar-refractivity contribution in [2.75, 3.05) is 17.2 Å². The van der Waals surface area contributed by atoms with Crippen molar-refractivity contribution in [2.45, 2.75) is 40.2 Å². The topological polar surface area (TPSA) is 145 Å². The molecule has 0 aliphatic rings. The van der Waals surface area contributed by atoms with Crippen molar-refractivity contribution in [1.82, 2.24) is 9.69 Å². The number of hydrogen-bond donors (Lipinski definition) is 3. The van der Waals surface area contributed by atoms with E-state index in [1.54, 1.807) is 12.1 Å². The van der Waals surface area contributed by atoms with E-state index in [1.807, 2.05) is 32.0 Å². The van der Waals surface area contributed by atoms with Gasteiger partial charge in [0.25, 0.3) is 17.7 Å². The molecule has 3 rings (SSSR count). The average molecular weight is 484 g/mol. The second-order valence-corrected chi connectivity index (χ2v) is 9.27. The van der Waals surface area contributed by atoms with Gasteiger partial charge in [0.1, 0.15) is 10.6 Å². The first-order chi connectivity index (χ1) is 16.1. The van der Waals surface area contributed by atoms with E-state index < -0.39 is 23.8 Å². The third-order valence-electron chi connectivity index (χ3n) is 5.34. The smallest absolute Gasteiger partial charge is 0.273 e. The largest absolute Gasteiger partial charge is 0.467 e. The number of furan rings is 1. The normalized spacial score (nSPS) is 11.9. The van der Waals surface area contributed by atoms with E-state index in [0.717, 1.165) is 29.1 Å². The van der Waals surface area contributed by atoms with Gasteiger partial charge in [0.2, 0.25) is 0 Å². The van der Waals surface area contributed by atoms with E-state index in [0.29, 0.717) is 18.2 Å². The van der Waals surface area contributed by atoms with Crippen LogP contribution in [0.1, 0.15) is 63.4 Å². The second kappa shape index (κ2) is 10.5. The van der Waals surface area contributed by atoms with Crippen molar-refractivity contribution in [1.29, 1.82) is 0 Å². The minimum Gasteiger partial charge on any atom is -0.467 e. The Morgan fingerprint density at radius 3 is 2.53 bits per heavy atom. The molecule has 2 aromatic heterocycles. The third kappa shape index (κ3) is 5.28. The zero-order valence-electron chi connectivity index (χ0n) is 19.6. The summed E-state index contributed by atoms with van der Waals surface area (Å²) >= 11 is 0.764. The number of aryl methyl sites for hydroxylation is 2. The number of rotatable bonds is 9. The van der Waals surface area contributed by atoms with E-state index in [4.69, 9.17) is 15.9 Å². The summed E-state index contributed by atoms with van der Waals surface area (Å²) in [7, 11) is 0. The molecule has 0 aliphatic heterocycles. The van der Waals surface area contributed by atoms with Gasteiger partial charge in [0.15, 0.2) is 11.7 Å². The highest BCUT2D eigenvalue weighted by Crippen LogP contribution is 2.35. The number of nitrogens with two attached hydrogens (primary N) is 2. The molecule has 34 heavy (non-hydrogen) atoms. The Balaban J connectivity index is 2.16. The number of carbonyl (C=O) groups is 3. The van der Waals surface area contributed by atoms with Crippen LogP contribution in [-0.4, -0.2) is 28.6 Å². The molecule has 0 spiro atoms. The summed E-state index contributed by atoms with van der Waals surface area (Å²) in [6.07, 6.45) is 2.22. The van der Waals surface area contributed by atoms with Crippen molar-refractivity contribution < 1.29 is 18.8 Å². The number of nitrogen functional groups attached to an aromatic ring is 1. The van der Waals surface area contributed by atoms with Gasteiger partial charge in [-0.15, -0.1) is 0 Å². The van der Waals surface area contributed by atoms with Crippen LogP contribution >= 0.6 is 11.5 Å². The van der Waals surface area contributed by atoms with Gasteiger partial charge in [-0.1, -0.05) is 26.0 Å². The summed E-state index contributed by atoms with van der Waals surface area (Å²) < 4.78 is 9.56. The van der Waals surface area contributed by atoms with Gasteiger partial charge in [-0.25, -0.2) is 0 Å². The fourth-order valence-corrected chi connectivity index (χ4v) is 4.23. The highest BCUT2D eigenvalue weighted by Gasteiger charge is 2.38. The van der Waals surface area contributed by atoms with Crippen LogP contribution in [-0.2, 0) is 4.79 Å². The first kappa shape index (κ1) is 25.0. The van der Waals surface area contributed by atoms with Gasteiger partial charge in [-0.3, -0.25) is 19.3 Å². The lowest BCUT2D eigenvalue weighted by Gasteiger charge is -2.31. The molecule has 3 aromatic rings. The number of amides is 3. The minimum absolute atomic E-state index is 0.0150.